The maximum absolute atomic E-state index is 17.0. The van der Waals surface area contributed by atoms with E-state index in [0.717, 1.165) is 30.7 Å². The molecule has 3 aliphatic heterocycles. The van der Waals surface area contributed by atoms with Gasteiger partial charge in [-0.05, 0) is 63.9 Å². The Balaban J connectivity index is 1.24. The normalized spacial score (nSPS) is 25.3. The van der Waals surface area contributed by atoms with Gasteiger partial charge in [-0.3, -0.25) is 9.69 Å². The van der Waals surface area contributed by atoms with Gasteiger partial charge >= 0.3 is 6.01 Å². The van der Waals surface area contributed by atoms with Gasteiger partial charge in [0.15, 0.2) is 5.82 Å². The number of benzene rings is 2. The molecule has 3 saturated heterocycles. The maximum atomic E-state index is 17.0. The number of hydrogen-bond donors (Lipinski definition) is 1. The topological polar surface area (TPSA) is 112 Å². The number of nitrogens with zero attached hydrogens (tertiary/aromatic N) is 6. The highest BCUT2D eigenvalue weighted by molar-refractivity contribution is 7.23. The van der Waals surface area contributed by atoms with E-state index in [4.69, 9.17) is 27.1 Å². The maximum Gasteiger partial charge on any atom is 0.319 e. The lowest BCUT2D eigenvalue weighted by Crippen LogP contribution is -2.64. The standard InChI is InChI=1S/C34H32ClF4N7O2S/c1-16(23-4-3-9-44(23)2)48-32-42-27-18(30(43-32)45-10-7-33(15-45)8-11-46(33)31(47)20-13-34(20,38)39)12-21(35)25(26(27)37)17-5-6-22(36)28-24(17)19(14-40)29(41)49-28/h5-6,12,16,20,23H,3-4,7-11,13,15,41H2,1-2H3/t16?,20?,23-,33+/m0/s1. The predicted molar refractivity (Wildman–Crippen MR) is 179 cm³/mol. The molecule has 0 radical (unpaired) electrons. The number of rotatable bonds is 6. The molecule has 1 aliphatic carbocycles. The summed E-state index contributed by atoms with van der Waals surface area (Å²) < 4.78 is 66.0. The van der Waals surface area contributed by atoms with Crippen molar-refractivity contribution in [3.8, 4) is 23.2 Å². The van der Waals surface area contributed by atoms with Crippen molar-refractivity contribution in [1.29, 1.82) is 5.26 Å². The Labute approximate surface area is 288 Å². The number of carbonyl (C=O) groups is 1. The summed E-state index contributed by atoms with van der Waals surface area (Å²) in [5, 5.41) is 10.4. The van der Waals surface area contributed by atoms with Crippen LogP contribution < -0.4 is 15.4 Å². The number of likely N-dealkylation sites (tertiary alicyclic amines) is 2. The van der Waals surface area contributed by atoms with E-state index in [2.05, 4.69) is 9.88 Å². The third kappa shape index (κ3) is 4.99. The number of carbonyl (C=O) groups excluding carboxylic acids is 1. The number of amides is 1. The molecule has 9 nitrogen and oxygen atoms in total. The highest BCUT2D eigenvalue weighted by Crippen LogP contribution is 2.53. The molecule has 1 amide bonds. The Morgan fingerprint density at radius 3 is 2.63 bits per heavy atom. The number of nitrogens with two attached hydrogens (primary N) is 1. The number of likely N-dealkylation sites (N-methyl/N-ethyl adjacent to an activating group) is 1. The fraction of sp³-hybridized carbons (Fsp3) is 0.471. The average Bonchev–Trinajstić information content (AvgIpc) is 3.44. The number of anilines is 2. The van der Waals surface area contributed by atoms with Crippen LogP contribution in [-0.4, -0.2) is 82.5 Å². The molecule has 4 aliphatic rings. The van der Waals surface area contributed by atoms with Crippen molar-refractivity contribution in [2.24, 2.45) is 5.92 Å². The molecule has 49 heavy (non-hydrogen) atoms. The zero-order valence-electron chi connectivity index (χ0n) is 26.7. The Morgan fingerprint density at radius 1 is 1.22 bits per heavy atom. The van der Waals surface area contributed by atoms with E-state index in [-0.39, 0.29) is 65.9 Å². The van der Waals surface area contributed by atoms with E-state index in [9.17, 15) is 23.2 Å². The van der Waals surface area contributed by atoms with E-state index < -0.39 is 41.3 Å². The van der Waals surface area contributed by atoms with Crippen molar-refractivity contribution >= 4 is 60.7 Å². The van der Waals surface area contributed by atoms with Gasteiger partial charge in [0.25, 0.3) is 5.92 Å². The minimum absolute atomic E-state index is 0.0173. The second-order valence-corrected chi connectivity index (χ2v) is 15.2. The summed E-state index contributed by atoms with van der Waals surface area (Å²) in [7, 11) is 2.02. The van der Waals surface area contributed by atoms with E-state index >= 15 is 4.39 Å². The predicted octanol–water partition coefficient (Wildman–Crippen LogP) is 6.59. The number of nitrogen functional groups attached to an aromatic ring is 1. The van der Waals surface area contributed by atoms with Crippen molar-refractivity contribution in [1.82, 2.24) is 19.8 Å². The molecular weight excluding hydrogens is 682 g/mol. The fourth-order valence-electron chi connectivity index (χ4n) is 8.00. The highest BCUT2D eigenvalue weighted by Gasteiger charge is 2.65. The van der Waals surface area contributed by atoms with E-state index in [1.807, 2.05) is 24.9 Å². The minimum atomic E-state index is -2.96. The molecule has 8 rings (SSSR count). The zero-order chi connectivity index (χ0) is 34.6. The zero-order valence-corrected chi connectivity index (χ0v) is 28.3. The first-order valence-corrected chi connectivity index (χ1v) is 17.4. The smallest absolute Gasteiger partial charge is 0.319 e. The number of nitriles is 1. The third-order valence-corrected chi connectivity index (χ3v) is 12.2. The molecule has 2 unspecified atom stereocenters. The van der Waals surface area contributed by atoms with Crippen LogP contribution in [0.15, 0.2) is 18.2 Å². The number of halogens is 5. The Bertz CT molecular complexity index is 2110. The van der Waals surface area contributed by atoms with Crippen LogP contribution in [0.5, 0.6) is 6.01 Å². The van der Waals surface area contributed by atoms with Crippen LogP contribution in [0.25, 0.3) is 32.1 Å². The van der Waals surface area contributed by atoms with Gasteiger partial charge in [0.05, 0.1) is 20.8 Å². The molecule has 4 fully saturated rings. The SMILES string of the molecule is CC(Oc1nc(N2CC[C@@]3(CCN3C(=O)C3CC3(F)F)C2)c2cc(Cl)c(-c3ccc(F)c4sc(N)c(C#N)c34)c(F)c2n1)[C@@H]1CCCN1C. The summed E-state index contributed by atoms with van der Waals surface area (Å²) in [6.45, 7) is 3.97. The average molecular weight is 714 g/mol. The first-order chi connectivity index (χ1) is 23.3. The summed E-state index contributed by atoms with van der Waals surface area (Å²) in [4.78, 5) is 28.0. The van der Waals surface area contributed by atoms with Gasteiger partial charge in [-0.1, -0.05) is 17.7 Å². The van der Waals surface area contributed by atoms with Crippen molar-refractivity contribution in [3.05, 3.63) is 40.4 Å². The van der Waals surface area contributed by atoms with Crippen molar-refractivity contribution < 1.29 is 27.1 Å². The molecule has 15 heteroatoms. The second-order valence-electron chi connectivity index (χ2n) is 13.7. The summed E-state index contributed by atoms with van der Waals surface area (Å²) in [6.07, 6.45) is 2.34. The number of hydrogen-bond acceptors (Lipinski definition) is 9. The molecule has 2 N–H and O–H groups in total. The third-order valence-electron chi connectivity index (χ3n) is 10.8. The van der Waals surface area contributed by atoms with Gasteiger partial charge in [-0.2, -0.15) is 15.2 Å². The van der Waals surface area contributed by atoms with Crippen LogP contribution in [0.4, 0.5) is 28.4 Å². The number of alkyl halides is 2. The van der Waals surface area contributed by atoms with Crippen LogP contribution in [-0.2, 0) is 4.79 Å². The molecule has 4 atom stereocenters. The van der Waals surface area contributed by atoms with Gasteiger partial charge < -0.3 is 20.3 Å². The van der Waals surface area contributed by atoms with Crippen LogP contribution in [0, 0.1) is 28.9 Å². The summed E-state index contributed by atoms with van der Waals surface area (Å²) in [5.74, 6) is -5.84. The Kier molecular flexibility index (Phi) is 7.44. The largest absolute Gasteiger partial charge is 0.459 e. The monoisotopic (exact) mass is 713 g/mol. The summed E-state index contributed by atoms with van der Waals surface area (Å²) in [6, 6.07) is 6.15. The van der Waals surface area contributed by atoms with Gasteiger partial charge in [-0.25, -0.2) is 17.6 Å². The van der Waals surface area contributed by atoms with Gasteiger partial charge in [-0.15, -0.1) is 11.3 Å². The number of fused-ring (bicyclic) bond motifs is 2. The summed E-state index contributed by atoms with van der Waals surface area (Å²) in [5.41, 5.74) is 5.47. The van der Waals surface area contributed by atoms with E-state index in [1.54, 1.807) is 11.0 Å². The molecule has 0 bridgehead atoms. The minimum Gasteiger partial charge on any atom is -0.459 e. The second kappa shape index (κ2) is 11.3. The van der Waals surface area contributed by atoms with Gasteiger partial charge in [0.2, 0.25) is 5.91 Å². The molecule has 2 aromatic heterocycles. The van der Waals surface area contributed by atoms with E-state index in [0.29, 0.717) is 38.3 Å². The number of ether oxygens (including phenoxy) is 1. The summed E-state index contributed by atoms with van der Waals surface area (Å²) >= 11 is 7.74. The molecule has 5 heterocycles. The van der Waals surface area contributed by atoms with Crippen molar-refractivity contribution in [2.45, 2.75) is 62.6 Å². The van der Waals surface area contributed by atoms with Crippen molar-refractivity contribution in [3.63, 3.8) is 0 Å². The van der Waals surface area contributed by atoms with E-state index in [1.165, 1.54) is 12.1 Å². The highest BCUT2D eigenvalue weighted by atomic mass is 35.5. The fourth-order valence-corrected chi connectivity index (χ4v) is 9.24. The lowest BCUT2D eigenvalue weighted by Gasteiger charge is -2.50. The lowest BCUT2D eigenvalue weighted by atomic mass is 9.83. The van der Waals surface area contributed by atoms with Crippen LogP contribution in [0.2, 0.25) is 5.02 Å². The Morgan fingerprint density at radius 2 is 1.98 bits per heavy atom. The van der Waals surface area contributed by atoms with Crippen molar-refractivity contribution in [2.75, 3.05) is 43.9 Å². The molecule has 2 aromatic carbocycles. The van der Waals surface area contributed by atoms with Gasteiger partial charge in [0.1, 0.15) is 40.2 Å². The number of aromatic nitrogens is 2. The van der Waals surface area contributed by atoms with Crippen LogP contribution >= 0.6 is 22.9 Å². The first-order valence-electron chi connectivity index (χ1n) is 16.3. The van der Waals surface area contributed by atoms with Crippen LogP contribution in [0.3, 0.4) is 0 Å². The molecule has 1 saturated carbocycles. The molecule has 1 spiro atoms. The molecule has 4 aromatic rings. The Hall–Kier alpha value is -3.93. The lowest BCUT2D eigenvalue weighted by molar-refractivity contribution is -0.149. The molecular formula is C34H32ClF4N7O2S. The van der Waals surface area contributed by atoms with Crippen LogP contribution in [0.1, 0.15) is 44.6 Å². The first kappa shape index (κ1) is 32.3. The molecule has 256 valence electrons. The van der Waals surface area contributed by atoms with Gasteiger partial charge in [0, 0.05) is 48.4 Å². The quantitative estimate of drug-likeness (QED) is 0.223. The number of thiophene rings is 1.